The molecule has 2 aliphatic heterocycles. The van der Waals surface area contributed by atoms with Crippen LogP contribution < -0.4 is 25.1 Å². The van der Waals surface area contributed by atoms with Crippen molar-refractivity contribution in [3.8, 4) is 11.5 Å². The van der Waals surface area contributed by atoms with Gasteiger partial charge in [0.05, 0.1) is 125 Å². The molecule has 1 aromatic carbocycles. The number of hydrogen-bond donors (Lipinski definition) is 11. The van der Waals surface area contributed by atoms with Gasteiger partial charge in [0.1, 0.15) is 13.2 Å². The number of nitrogens with one attached hydrogen (secondary N) is 6. The SMILES string of the molecule is CC(=O)O.CC(=O)O.CC(=O)O.CCc1c(CC)c2cc3nc(cnc4cc(OCCOCCOCCOC)c(OCCOCCOCCOC)cc4ncc4nc(cc1[n-]2)C(CCCNC(=O)CCC(=O)O)=C4C)C(C)=C3CCCNC(=O)CCC(=O)O.O=C(O)C(=O)O.O=C(O)C(=O)O.[Mn].[NH-]C1CCCCC1[NH-].[NH-]C1CCCCC1[NH-].[Pt+2].[Pt+2]. The zero-order valence-corrected chi connectivity index (χ0v) is 74.7. The smallest absolute Gasteiger partial charge is 0.676 e. The minimum absolute atomic E-state index is 0. The normalized spacial score (nSPS) is 14.5. The fourth-order valence-electron chi connectivity index (χ4n) is 10.7. The van der Waals surface area contributed by atoms with E-state index >= 15 is 0 Å². The van der Waals surface area contributed by atoms with Gasteiger partial charge in [-0.1, -0.05) is 88.5 Å². The van der Waals surface area contributed by atoms with Gasteiger partial charge in [-0.25, -0.2) is 29.1 Å². The molecule has 679 valence electrons. The molecular weight excluding hydrogens is 1980 g/mol. The van der Waals surface area contributed by atoms with Gasteiger partial charge in [0.25, 0.3) is 17.9 Å². The van der Waals surface area contributed by atoms with Crippen LogP contribution in [0.3, 0.4) is 0 Å². The first-order valence-corrected chi connectivity index (χ1v) is 37.8. The van der Waals surface area contributed by atoms with Crippen LogP contribution in [-0.2, 0) is 153 Å². The molecule has 4 aliphatic rings. The Morgan fingerprint density at radius 2 is 0.708 bits per heavy atom. The number of aromatic nitrogens is 5. The zero-order chi connectivity index (χ0) is 88.4. The first kappa shape index (κ1) is 118. The van der Waals surface area contributed by atoms with Gasteiger partial charge in [-0.15, -0.1) is 11.0 Å². The van der Waals surface area contributed by atoms with Crippen molar-refractivity contribution in [2.45, 2.75) is 188 Å². The molecule has 1 radical (unpaired) electrons. The third-order valence-corrected chi connectivity index (χ3v) is 16.4. The van der Waals surface area contributed by atoms with Gasteiger partial charge < -0.3 is 122 Å². The Morgan fingerprint density at radius 3 is 0.958 bits per heavy atom. The molecule has 42 heteroatoms. The second-order valence-corrected chi connectivity index (χ2v) is 25.7. The predicted octanol–water partition coefficient (Wildman–Crippen LogP) is 9.97. The number of carbonyl (C=O) groups excluding carboxylic acids is 2. The van der Waals surface area contributed by atoms with Crippen molar-refractivity contribution in [3.05, 3.63) is 93.5 Å². The van der Waals surface area contributed by atoms with Crippen molar-refractivity contribution in [1.29, 1.82) is 0 Å². The molecular formula is C78H116MnN11O28Pt2-. The number of hydrogen-bond acceptors (Lipinski definition) is 23. The van der Waals surface area contributed by atoms with Gasteiger partial charge in [0.15, 0.2) is 11.5 Å². The molecule has 2 saturated carbocycles. The van der Waals surface area contributed by atoms with Gasteiger partial charge in [0, 0.05) is 90.1 Å². The van der Waals surface area contributed by atoms with E-state index in [0.29, 0.717) is 150 Å². The van der Waals surface area contributed by atoms with Crippen molar-refractivity contribution in [1.82, 2.24) is 35.6 Å². The van der Waals surface area contributed by atoms with Crippen LogP contribution in [0.5, 0.6) is 11.5 Å². The third kappa shape index (κ3) is 54.6. The van der Waals surface area contributed by atoms with E-state index in [-0.39, 0.29) is 147 Å². The number of nitrogens with zero attached hydrogens (tertiary/aromatic N) is 5. The Labute approximate surface area is 736 Å². The molecule has 4 heterocycles. The molecule has 0 spiro atoms. The molecule has 2 fully saturated rings. The summed E-state index contributed by atoms with van der Waals surface area (Å²) in [6, 6.07) is 7.24. The van der Waals surface area contributed by atoms with E-state index in [1.54, 1.807) is 38.7 Å². The number of methoxy groups -OCH3 is 2. The van der Waals surface area contributed by atoms with E-state index < -0.39 is 53.7 Å². The number of carboxylic acids is 9. The van der Waals surface area contributed by atoms with E-state index in [4.69, 9.17) is 165 Å². The van der Waals surface area contributed by atoms with Gasteiger partial charge in [0.2, 0.25) is 11.8 Å². The van der Waals surface area contributed by atoms with Crippen LogP contribution in [0, 0.1) is 0 Å². The summed E-state index contributed by atoms with van der Waals surface area (Å²) >= 11 is 0. The first-order valence-electron chi connectivity index (χ1n) is 37.8. The quantitative estimate of drug-likeness (QED) is 0.0146. The molecule has 3 aromatic rings. The van der Waals surface area contributed by atoms with Crippen molar-refractivity contribution in [2.24, 2.45) is 0 Å². The number of amides is 2. The summed E-state index contributed by atoms with van der Waals surface area (Å²) in [7, 11) is 3.23. The maximum absolute atomic E-state index is 12.4. The van der Waals surface area contributed by atoms with E-state index in [9.17, 15) is 19.2 Å². The Morgan fingerprint density at radius 1 is 0.433 bits per heavy atom. The summed E-state index contributed by atoms with van der Waals surface area (Å²) in [4.78, 5) is 136. The van der Waals surface area contributed by atoms with Crippen LogP contribution in [0.1, 0.15) is 185 Å². The molecule has 6 bridgehead atoms. The number of allylic oxidation sites excluding steroid dienone is 4. The fraction of sp³-hybridized carbons (Fsp3) is 0.577. The van der Waals surface area contributed by atoms with Gasteiger partial charge in [-0.3, -0.25) is 43.5 Å². The molecule has 2 aromatic heterocycles. The standard InChI is InChI=1S/C56H77N7O14.2C6H12N2.2C2H2O4.3C2H4O2.Mn.2Pt/c1-7-39-40(8-2)44-32-46-42(12-10-18-58-54(65)14-16-56(68)69)38(4)50(63-46)36-60-48-34-52(77-30-28-75-26-24-73-22-20-71-6)51(76-29-27-74-25-23-72-21-19-70-5)33-47(48)59-35-49-37(3)41(45(62-49)31-43(39)61-44)11-9-17-57-53(64)13-15-55(66)67;2*7-5-3-1-2-4-6(5)8;2*3-1(4)2(5)6;3*1-2(3)4;;;/h31-36H,7-30H2,1-6H3,(H5,57,58,59,60,61,62,63,64,65,66,67,68,69);2*5-8H,1-4H2;2*(H,3,4)(H,5,6);3*1H3,(H,3,4);;;/q;2*-2;;;;;;;2*+2/p-1. The third-order valence-electron chi connectivity index (χ3n) is 16.4. The first-order chi connectivity index (χ1) is 55.5. The van der Waals surface area contributed by atoms with Crippen molar-refractivity contribution in [3.63, 3.8) is 0 Å². The van der Waals surface area contributed by atoms with Gasteiger partial charge in [-0.05, 0) is 74.7 Å². The number of benzene rings is 1. The van der Waals surface area contributed by atoms with Crippen LogP contribution in [0.2, 0.25) is 0 Å². The van der Waals surface area contributed by atoms with Crippen molar-refractivity contribution < 1.29 is 196 Å². The maximum Gasteiger partial charge on any atom is 2.00 e. The molecule has 2 amide bonds. The van der Waals surface area contributed by atoms with E-state index in [1.807, 2.05) is 26.0 Å². The number of carbonyl (C=O) groups is 11. The fourth-order valence-corrected chi connectivity index (χ4v) is 10.7. The number of fused-ring (bicyclic) bond motifs is 7. The molecule has 4 unspecified atom stereocenters. The summed E-state index contributed by atoms with van der Waals surface area (Å²) in [5, 5.41) is 75.7. The van der Waals surface area contributed by atoms with Crippen LogP contribution >= 0.6 is 0 Å². The van der Waals surface area contributed by atoms with E-state index in [0.717, 1.165) is 90.9 Å². The molecule has 0 saturated heterocycles. The molecule has 120 heavy (non-hydrogen) atoms. The topological polar surface area (TPSA) is 629 Å². The van der Waals surface area contributed by atoms with Gasteiger partial charge >= 0.3 is 77.9 Å². The van der Waals surface area contributed by atoms with Crippen LogP contribution in [0.4, 0.5) is 0 Å². The average Bonchev–Trinajstić information content (AvgIpc) is 1.62. The predicted molar refractivity (Wildman–Crippen MR) is 430 cm³/mol. The van der Waals surface area contributed by atoms with Crippen LogP contribution in [-0.4, -0.2) is 262 Å². The Hall–Kier alpha value is -8.59. The minimum atomic E-state index is -1.82. The molecule has 2 aliphatic carbocycles. The second kappa shape index (κ2) is 70.0. The zero-order valence-electron chi connectivity index (χ0n) is 68.9. The number of ether oxygens (including phenoxy) is 8. The summed E-state index contributed by atoms with van der Waals surface area (Å²) in [5.74, 6) is -11.7. The summed E-state index contributed by atoms with van der Waals surface area (Å²) < 4.78 is 45.4. The monoisotopic (exact) mass is 2100 g/mol. The van der Waals surface area contributed by atoms with E-state index in [2.05, 4.69) is 24.5 Å². The Balaban J connectivity index is -0.00000127. The molecule has 7 rings (SSSR count). The second-order valence-electron chi connectivity index (χ2n) is 25.7. The minimum Gasteiger partial charge on any atom is -0.676 e. The van der Waals surface area contributed by atoms with Gasteiger partial charge in [-0.2, -0.15) is 24.2 Å². The largest absolute Gasteiger partial charge is 2.00 e. The number of aliphatic carboxylic acids is 9. The number of carboxylic acid groups (broad SMARTS) is 9. The number of rotatable bonds is 36. The van der Waals surface area contributed by atoms with Crippen LogP contribution in [0.25, 0.3) is 67.3 Å². The molecule has 39 nitrogen and oxygen atoms in total. The number of aryl methyl sites for hydroxylation is 2. The molecule has 4 atom stereocenters. The average molecular weight is 2100 g/mol. The Kier molecular flexibility index (Phi) is 68.7. The van der Waals surface area contributed by atoms with Crippen molar-refractivity contribution >= 4 is 110 Å². The van der Waals surface area contributed by atoms with E-state index in [1.165, 1.54) is 25.7 Å². The summed E-state index contributed by atoms with van der Waals surface area (Å²) in [5.41, 5.74) is 40.1. The maximum atomic E-state index is 12.4. The summed E-state index contributed by atoms with van der Waals surface area (Å²) in [6.07, 6.45) is 14.8. The van der Waals surface area contributed by atoms with Crippen molar-refractivity contribution in [2.75, 3.05) is 107 Å². The molecule has 15 N–H and O–H groups in total. The Bertz CT molecular complexity index is 3600. The van der Waals surface area contributed by atoms with Crippen LogP contribution in [0.15, 0.2) is 36.7 Å². The summed E-state index contributed by atoms with van der Waals surface area (Å²) in [6.45, 7) is 16.5.